The summed E-state index contributed by atoms with van der Waals surface area (Å²) in [6.07, 6.45) is 2.98. The van der Waals surface area contributed by atoms with E-state index in [2.05, 4.69) is 23.2 Å². The largest absolute Gasteiger partial charge is 0.491 e. The highest BCUT2D eigenvalue weighted by molar-refractivity contribution is 5.76. The van der Waals surface area contributed by atoms with E-state index in [0.717, 1.165) is 43.7 Å². The zero-order valence-corrected chi connectivity index (χ0v) is 15.8. The van der Waals surface area contributed by atoms with Gasteiger partial charge in [-0.3, -0.25) is 9.69 Å². The van der Waals surface area contributed by atoms with Gasteiger partial charge in [0, 0.05) is 25.6 Å². The molecule has 1 heterocycles. The van der Waals surface area contributed by atoms with Gasteiger partial charge in [-0.15, -0.1) is 0 Å². The molecule has 0 radical (unpaired) electrons. The SMILES string of the molecule is CCCC(=O)NC1CCCN(CC(O)COc2ccc(C)cc2C)C1. The van der Waals surface area contributed by atoms with Gasteiger partial charge in [-0.1, -0.05) is 24.6 Å². The fourth-order valence-electron chi connectivity index (χ4n) is 3.36. The maximum absolute atomic E-state index is 11.8. The lowest BCUT2D eigenvalue weighted by molar-refractivity contribution is -0.122. The van der Waals surface area contributed by atoms with Gasteiger partial charge in [0.15, 0.2) is 0 Å². The van der Waals surface area contributed by atoms with Crippen LogP contribution in [0.1, 0.15) is 43.7 Å². The third kappa shape index (κ3) is 6.67. The van der Waals surface area contributed by atoms with Crippen molar-refractivity contribution < 1.29 is 14.6 Å². The maximum atomic E-state index is 11.8. The number of benzene rings is 1. The molecule has 140 valence electrons. The molecule has 0 aromatic heterocycles. The van der Waals surface area contributed by atoms with Gasteiger partial charge in [-0.2, -0.15) is 0 Å². The predicted molar refractivity (Wildman–Crippen MR) is 99.9 cm³/mol. The number of nitrogens with one attached hydrogen (secondary N) is 1. The molecule has 2 atom stereocenters. The first-order chi connectivity index (χ1) is 12.0. The molecule has 2 rings (SSSR count). The lowest BCUT2D eigenvalue weighted by Crippen LogP contribution is -2.50. The van der Waals surface area contributed by atoms with Crippen LogP contribution in [-0.2, 0) is 4.79 Å². The third-order valence-electron chi connectivity index (χ3n) is 4.58. The molecular weight excluding hydrogens is 316 g/mol. The summed E-state index contributed by atoms with van der Waals surface area (Å²) in [4.78, 5) is 14.0. The number of ether oxygens (including phenoxy) is 1. The Morgan fingerprint density at radius 1 is 1.44 bits per heavy atom. The fourth-order valence-corrected chi connectivity index (χ4v) is 3.36. The highest BCUT2D eigenvalue weighted by atomic mass is 16.5. The smallest absolute Gasteiger partial charge is 0.220 e. The summed E-state index contributed by atoms with van der Waals surface area (Å²) in [5.41, 5.74) is 2.29. The average Bonchev–Trinajstić information content (AvgIpc) is 2.54. The molecule has 1 aromatic carbocycles. The quantitative estimate of drug-likeness (QED) is 0.757. The average molecular weight is 348 g/mol. The van der Waals surface area contributed by atoms with Crippen molar-refractivity contribution in [3.05, 3.63) is 29.3 Å². The van der Waals surface area contributed by atoms with Gasteiger partial charge in [0.1, 0.15) is 18.5 Å². The van der Waals surface area contributed by atoms with Gasteiger partial charge in [-0.05, 0) is 51.3 Å². The number of hydrogen-bond donors (Lipinski definition) is 2. The second-order valence-corrected chi connectivity index (χ2v) is 7.15. The number of β-amino-alcohol motifs (C(OH)–C–C–N with tert-alkyl or cyclic N) is 1. The van der Waals surface area contributed by atoms with Crippen molar-refractivity contribution in [2.24, 2.45) is 0 Å². The molecule has 1 aliphatic rings. The molecule has 1 amide bonds. The molecule has 2 unspecified atom stereocenters. The molecule has 2 N–H and O–H groups in total. The number of carbonyl (C=O) groups is 1. The Labute approximate surface area is 151 Å². The molecule has 1 fully saturated rings. The van der Waals surface area contributed by atoms with E-state index in [4.69, 9.17) is 4.74 Å². The van der Waals surface area contributed by atoms with E-state index in [1.165, 1.54) is 5.56 Å². The molecule has 25 heavy (non-hydrogen) atoms. The standard InChI is InChI=1S/C20H32N2O3/c1-4-6-20(24)21-17-7-5-10-22(12-17)13-18(23)14-25-19-9-8-15(2)11-16(19)3/h8-9,11,17-18,23H,4-7,10,12-14H2,1-3H3,(H,21,24). The first-order valence-electron chi connectivity index (χ1n) is 9.37. The second-order valence-electron chi connectivity index (χ2n) is 7.15. The lowest BCUT2D eigenvalue weighted by Gasteiger charge is -2.34. The Kier molecular flexibility index (Phi) is 7.72. The Balaban J connectivity index is 1.75. The minimum atomic E-state index is -0.536. The minimum Gasteiger partial charge on any atom is -0.491 e. The molecule has 1 saturated heterocycles. The number of piperidine rings is 1. The van der Waals surface area contributed by atoms with Gasteiger partial charge in [0.25, 0.3) is 0 Å². The zero-order chi connectivity index (χ0) is 18.2. The van der Waals surface area contributed by atoms with E-state index in [1.807, 2.05) is 26.0 Å². The van der Waals surface area contributed by atoms with Crippen molar-refractivity contribution >= 4 is 5.91 Å². The number of hydrogen-bond acceptors (Lipinski definition) is 4. The minimum absolute atomic E-state index is 0.132. The van der Waals surface area contributed by atoms with Crippen LogP contribution in [0.3, 0.4) is 0 Å². The summed E-state index contributed by atoms with van der Waals surface area (Å²) in [6, 6.07) is 6.25. The Morgan fingerprint density at radius 3 is 2.96 bits per heavy atom. The number of nitrogens with zero attached hydrogens (tertiary/aromatic N) is 1. The van der Waals surface area contributed by atoms with Crippen LogP contribution in [0.25, 0.3) is 0 Å². The number of aliphatic hydroxyl groups excluding tert-OH is 1. The predicted octanol–water partition coefficient (Wildman–Crippen LogP) is 2.42. The van der Waals surface area contributed by atoms with Gasteiger partial charge in [0.2, 0.25) is 5.91 Å². The molecule has 5 nitrogen and oxygen atoms in total. The van der Waals surface area contributed by atoms with Crippen molar-refractivity contribution in [3.63, 3.8) is 0 Å². The molecule has 0 saturated carbocycles. The molecule has 0 spiro atoms. The Hall–Kier alpha value is -1.59. The second kappa shape index (κ2) is 9.78. The van der Waals surface area contributed by atoms with E-state index < -0.39 is 6.10 Å². The lowest BCUT2D eigenvalue weighted by atomic mass is 10.0. The maximum Gasteiger partial charge on any atom is 0.220 e. The normalized spacial score (nSPS) is 19.4. The van der Waals surface area contributed by atoms with E-state index in [1.54, 1.807) is 0 Å². The number of amides is 1. The summed E-state index contributed by atoms with van der Waals surface area (Å²) in [7, 11) is 0. The van der Waals surface area contributed by atoms with Gasteiger partial charge in [-0.25, -0.2) is 0 Å². The number of rotatable bonds is 8. The summed E-state index contributed by atoms with van der Waals surface area (Å²) in [5.74, 6) is 0.959. The third-order valence-corrected chi connectivity index (χ3v) is 4.58. The first kappa shape index (κ1) is 19.7. The number of likely N-dealkylation sites (tertiary alicyclic amines) is 1. The van der Waals surface area contributed by atoms with Crippen molar-refractivity contribution in [3.8, 4) is 5.75 Å². The van der Waals surface area contributed by atoms with Crippen LogP contribution >= 0.6 is 0 Å². The first-order valence-corrected chi connectivity index (χ1v) is 9.37. The van der Waals surface area contributed by atoms with Crippen LogP contribution in [0, 0.1) is 13.8 Å². The summed E-state index contributed by atoms with van der Waals surface area (Å²) >= 11 is 0. The van der Waals surface area contributed by atoms with Gasteiger partial charge in [0.05, 0.1) is 0 Å². The number of aryl methyl sites for hydroxylation is 2. The van der Waals surface area contributed by atoms with Gasteiger partial charge < -0.3 is 15.2 Å². The van der Waals surface area contributed by atoms with Crippen LogP contribution in [0.5, 0.6) is 5.75 Å². The van der Waals surface area contributed by atoms with Crippen molar-refractivity contribution in [2.75, 3.05) is 26.2 Å². The molecular formula is C20H32N2O3. The summed E-state index contributed by atoms with van der Waals surface area (Å²) < 4.78 is 5.77. The highest BCUT2D eigenvalue weighted by Gasteiger charge is 2.23. The van der Waals surface area contributed by atoms with Crippen LogP contribution < -0.4 is 10.1 Å². The van der Waals surface area contributed by atoms with Crippen molar-refractivity contribution in [1.82, 2.24) is 10.2 Å². The Morgan fingerprint density at radius 2 is 2.24 bits per heavy atom. The van der Waals surface area contributed by atoms with Crippen LogP contribution in [0.15, 0.2) is 18.2 Å². The van der Waals surface area contributed by atoms with Gasteiger partial charge >= 0.3 is 0 Å². The molecule has 5 heteroatoms. The van der Waals surface area contributed by atoms with Crippen molar-refractivity contribution in [2.45, 2.75) is 58.6 Å². The zero-order valence-electron chi connectivity index (χ0n) is 15.8. The molecule has 1 aliphatic heterocycles. The number of aliphatic hydroxyl groups is 1. The highest BCUT2D eigenvalue weighted by Crippen LogP contribution is 2.19. The summed E-state index contributed by atoms with van der Waals surface area (Å²) in [5, 5.41) is 13.4. The van der Waals surface area contributed by atoms with Crippen LogP contribution in [0.4, 0.5) is 0 Å². The molecule has 0 bridgehead atoms. The van der Waals surface area contributed by atoms with Crippen LogP contribution in [-0.4, -0.2) is 54.3 Å². The molecule has 1 aromatic rings. The monoisotopic (exact) mass is 348 g/mol. The summed E-state index contributed by atoms with van der Waals surface area (Å²) in [6.45, 7) is 8.70. The van der Waals surface area contributed by atoms with E-state index in [-0.39, 0.29) is 18.6 Å². The van der Waals surface area contributed by atoms with E-state index in [9.17, 15) is 9.90 Å². The molecule has 0 aliphatic carbocycles. The van der Waals surface area contributed by atoms with E-state index in [0.29, 0.717) is 13.0 Å². The number of carbonyl (C=O) groups excluding carboxylic acids is 1. The van der Waals surface area contributed by atoms with E-state index >= 15 is 0 Å². The fraction of sp³-hybridized carbons (Fsp3) is 0.650. The topological polar surface area (TPSA) is 61.8 Å². The van der Waals surface area contributed by atoms with Crippen LogP contribution in [0.2, 0.25) is 0 Å². The Bertz CT molecular complexity index is 562. The van der Waals surface area contributed by atoms with Crippen molar-refractivity contribution in [1.29, 1.82) is 0 Å².